The number of anilines is 2. The van der Waals surface area contributed by atoms with Crippen LogP contribution < -0.4 is 10.6 Å². The number of carbonyl (C=O) groups is 1. The molecule has 0 saturated carbocycles. The summed E-state index contributed by atoms with van der Waals surface area (Å²) < 4.78 is 0. The summed E-state index contributed by atoms with van der Waals surface area (Å²) in [5, 5.41) is 6.38. The van der Waals surface area contributed by atoms with E-state index in [-0.39, 0.29) is 5.91 Å². The standard InChI is InChI=1S/C16H16N2O/c1-11-7-6-10-13-14(11)17-15(19)16(2,18-13)12-8-4-3-5-9-12/h3-10,18H,1-2H3,(H,17,19). The second kappa shape index (κ2) is 4.12. The molecule has 96 valence electrons. The lowest BCUT2D eigenvalue weighted by Crippen LogP contribution is -2.47. The van der Waals surface area contributed by atoms with Gasteiger partial charge < -0.3 is 10.6 Å². The second-order valence-electron chi connectivity index (χ2n) is 5.07. The Hall–Kier alpha value is -2.29. The molecule has 2 aromatic carbocycles. The molecule has 0 aliphatic carbocycles. The highest BCUT2D eigenvalue weighted by Gasteiger charge is 2.39. The predicted molar refractivity (Wildman–Crippen MR) is 77.2 cm³/mol. The van der Waals surface area contributed by atoms with E-state index in [1.807, 2.05) is 62.4 Å². The summed E-state index contributed by atoms with van der Waals surface area (Å²) in [6, 6.07) is 15.7. The van der Waals surface area contributed by atoms with Gasteiger partial charge in [0.15, 0.2) is 0 Å². The van der Waals surface area contributed by atoms with Crippen LogP contribution in [0.1, 0.15) is 18.1 Å². The van der Waals surface area contributed by atoms with Crippen LogP contribution in [0, 0.1) is 6.92 Å². The molecular formula is C16H16N2O. The number of benzene rings is 2. The van der Waals surface area contributed by atoms with E-state index in [1.54, 1.807) is 0 Å². The second-order valence-corrected chi connectivity index (χ2v) is 5.07. The molecule has 1 aliphatic rings. The van der Waals surface area contributed by atoms with Crippen molar-refractivity contribution in [1.29, 1.82) is 0 Å². The highest BCUT2D eigenvalue weighted by molar-refractivity contribution is 6.06. The van der Waals surface area contributed by atoms with Gasteiger partial charge >= 0.3 is 0 Å². The minimum absolute atomic E-state index is 0.0273. The number of carbonyl (C=O) groups excluding carboxylic acids is 1. The maximum Gasteiger partial charge on any atom is 0.254 e. The molecule has 1 amide bonds. The maximum absolute atomic E-state index is 12.5. The average molecular weight is 252 g/mol. The fourth-order valence-electron chi connectivity index (χ4n) is 2.48. The Morgan fingerprint density at radius 3 is 2.47 bits per heavy atom. The van der Waals surface area contributed by atoms with Gasteiger partial charge in [-0.25, -0.2) is 0 Å². The Morgan fingerprint density at radius 2 is 1.74 bits per heavy atom. The first kappa shape index (κ1) is 11.8. The van der Waals surface area contributed by atoms with E-state index in [0.29, 0.717) is 0 Å². The summed E-state index contributed by atoms with van der Waals surface area (Å²) in [4.78, 5) is 12.5. The number of fused-ring (bicyclic) bond motifs is 1. The Bertz CT molecular complexity index is 636. The molecule has 0 fully saturated rings. The van der Waals surface area contributed by atoms with Crippen molar-refractivity contribution in [3.05, 3.63) is 59.7 Å². The largest absolute Gasteiger partial charge is 0.366 e. The van der Waals surface area contributed by atoms with Crippen molar-refractivity contribution in [3.63, 3.8) is 0 Å². The van der Waals surface area contributed by atoms with E-state index in [0.717, 1.165) is 22.5 Å². The van der Waals surface area contributed by atoms with Crippen molar-refractivity contribution in [1.82, 2.24) is 0 Å². The quantitative estimate of drug-likeness (QED) is 0.817. The topological polar surface area (TPSA) is 41.1 Å². The lowest BCUT2D eigenvalue weighted by atomic mass is 9.88. The van der Waals surface area contributed by atoms with Crippen molar-refractivity contribution in [2.75, 3.05) is 10.6 Å². The zero-order valence-electron chi connectivity index (χ0n) is 11.0. The molecule has 0 spiro atoms. The van der Waals surface area contributed by atoms with Gasteiger partial charge in [-0.1, -0.05) is 42.5 Å². The summed E-state index contributed by atoms with van der Waals surface area (Å²) in [5.41, 5.74) is 3.13. The number of amides is 1. The molecule has 1 aliphatic heterocycles. The molecule has 0 saturated heterocycles. The molecule has 1 heterocycles. The number of para-hydroxylation sites is 1. The zero-order chi connectivity index (χ0) is 13.5. The van der Waals surface area contributed by atoms with Gasteiger partial charge in [0.05, 0.1) is 11.4 Å². The summed E-state index contributed by atoms with van der Waals surface area (Å²) in [6.07, 6.45) is 0. The van der Waals surface area contributed by atoms with Crippen LogP contribution in [0.3, 0.4) is 0 Å². The smallest absolute Gasteiger partial charge is 0.254 e. The molecule has 1 atom stereocenters. The Labute approximate surface area is 112 Å². The fraction of sp³-hybridized carbons (Fsp3) is 0.188. The molecule has 3 rings (SSSR count). The predicted octanol–water partition coefficient (Wildman–Crippen LogP) is 3.27. The number of hydrogen-bond acceptors (Lipinski definition) is 2. The van der Waals surface area contributed by atoms with Gasteiger partial charge in [0.2, 0.25) is 0 Å². The lowest BCUT2D eigenvalue weighted by Gasteiger charge is -2.36. The molecule has 0 aromatic heterocycles. The summed E-state index contributed by atoms with van der Waals surface area (Å²) in [7, 11) is 0. The monoisotopic (exact) mass is 252 g/mol. The Kier molecular flexibility index (Phi) is 2.56. The summed E-state index contributed by atoms with van der Waals surface area (Å²) in [6.45, 7) is 3.90. The van der Waals surface area contributed by atoms with Gasteiger partial charge in [0, 0.05) is 0 Å². The molecule has 0 bridgehead atoms. The fourth-order valence-corrected chi connectivity index (χ4v) is 2.48. The lowest BCUT2D eigenvalue weighted by molar-refractivity contribution is -0.120. The molecule has 1 unspecified atom stereocenters. The van der Waals surface area contributed by atoms with Crippen LogP contribution in [0.4, 0.5) is 11.4 Å². The number of nitrogens with one attached hydrogen (secondary N) is 2. The normalized spacial score (nSPS) is 21.3. The minimum atomic E-state index is -0.734. The molecule has 3 heteroatoms. The third kappa shape index (κ3) is 1.78. The molecular weight excluding hydrogens is 236 g/mol. The van der Waals surface area contributed by atoms with Crippen molar-refractivity contribution in [2.24, 2.45) is 0 Å². The van der Waals surface area contributed by atoms with Crippen molar-refractivity contribution >= 4 is 17.3 Å². The third-order valence-electron chi connectivity index (χ3n) is 3.70. The maximum atomic E-state index is 12.5. The van der Waals surface area contributed by atoms with Gasteiger partial charge in [0.1, 0.15) is 5.54 Å². The van der Waals surface area contributed by atoms with E-state index < -0.39 is 5.54 Å². The first-order chi connectivity index (χ1) is 9.11. The van der Waals surface area contributed by atoms with E-state index >= 15 is 0 Å². The van der Waals surface area contributed by atoms with Crippen LogP contribution in [0.15, 0.2) is 48.5 Å². The SMILES string of the molecule is Cc1cccc2c1NC(=O)C(C)(c1ccccc1)N2. The molecule has 19 heavy (non-hydrogen) atoms. The molecule has 2 aromatic rings. The van der Waals surface area contributed by atoms with Crippen LogP contribution in [0.5, 0.6) is 0 Å². The van der Waals surface area contributed by atoms with Crippen LogP contribution in [0.2, 0.25) is 0 Å². The highest BCUT2D eigenvalue weighted by atomic mass is 16.2. The first-order valence-corrected chi connectivity index (χ1v) is 6.36. The van der Waals surface area contributed by atoms with Crippen molar-refractivity contribution in [3.8, 4) is 0 Å². The van der Waals surface area contributed by atoms with E-state index in [2.05, 4.69) is 10.6 Å². The number of rotatable bonds is 1. The highest BCUT2D eigenvalue weighted by Crippen LogP contribution is 2.37. The minimum Gasteiger partial charge on any atom is -0.366 e. The van der Waals surface area contributed by atoms with Gasteiger partial charge in [-0.05, 0) is 31.0 Å². The Morgan fingerprint density at radius 1 is 1.00 bits per heavy atom. The van der Waals surface area contributed by atoms with E-state index in [1.165, 1.54) is 0 Å². The number of hydrogen-bond donors (Lipinski definition) is 2. The number of aryl methyl sites for hydroxylation is 1. The van der Waals surface area contributed by atoms with E-state index in [9.17, 15) is 4.79 Å². The van der Waals surface area contributed by atoms with Gasteiger partial charge in [0.25, 0.3) is 5.91 Å². The Balaban J connectivity index is 2.09. The molecule has 2 N–H and O–H groups in total. The van der Waals surface area contributed by atoms with Crippen LogP contribution >= 0.6 is 0 Å². The van der Waals surface area contributed by atoms with Gasteiger partial charge in [-0.3, -0.25) is 4.79 Å². The molecule has 0 radical (unpaired) electrons. The van der Waals surface area contributed by atoms with E-state index in [4.69, 9.17) is 0 Å². The zero-order valence-corrected chi connectivity index (χ0v) is 11.0. The first-order valence-electron chi connectivity index (χ1n) is 6.36. The third-order valence-corrected chi connectivity index (χ3v) is 3.70. The van der Waals surface area contributed by atoms with Crippen molar-refractivity contribution in [2.45, 2.75) is 19.4 Å². The van der Waals surface area contributed by atoms with Gasteiger partial charge in [-0.15, -0.1) is 0 Å². The van der Waals surface area contributed by atoms with Crippen LogP contribution in [0.25, 0.3) is 0 Å². The van der Waals surface area contributed by atoms with Crippen LogP contribution in [-0.2, 0) is 10.3 Å². The van der Waals surface area contributed by atoms with Gasteiger partial charge in [-0.2, -0.15) is 0 Å². The van der Waals surface area contributed by atoms with Crippen LogP contribution in [-0.4, -0.2) is 5.91 Å². The summed E-state index contributed by atoms with van der Waals surface area (Å²) in [5.74, 6) is -0.0273. The average Bonchev–Trinajstić information content (AvgIpc) is 2.42. The summed E-state index contributed by atoms with van der Waals surface area (Å²) >= 11 is 0. The van der Waals surface area contributed by atoms with Crippen molar-refractivity contribution < 1.29 is 4.79 Å². The molecule has 3 nitrogen and oxygen atoms in total.